The molecule has 2 heterocycles. The van der Waals surface area contributed by atoms with Gasteiger partial charge in [-0.1, -0.05) is 29.8 Å². The first kappa shape index (κ1) is 13.1. The normalized spacial score (nSPS) is 10.9. The third kappa shape index (κ3) is 2.31. The molecule has 3 aromatic rings. The molecule has 0 atom stereocenters. The van der Waals surface area contributed by atoms with Gasteiger partial charge in [0.2, 0.25) is 0 Å². The molecular formula is C15H13N3O3. The van der Waals surface area contributed by atoms with Crippen LogP contribution in [0.3, 0.4) is 0 Å². The van der Waals surface area contributed by atoms with Crippen LogP contribution in [-0.2, 0) is 6.42 Å². The van der Waals surface area contributed by atoms with E-state index >= 15 is 0 Å². The highest BCUT2D eigenvalue weighted by atomic mass is 16.4. The number of hydrogen-bond donors (Lipinski definition) is 2. The zero-order chi connectivity index (χ0) is 15.0. The molecule has 0 aliphatic rings. The maximum absolute atomic E-state index is 12.4. The number of nitrogens with zero attached hydrogens (tertiary/aromatic N) is 2. The minimum absolute atomic E-state index is 0.174. The number of aromatic nitrogens is 3. The predicted octanol–water partition coefficient (Wildman–Crippen LogP) is 1.62. The van der Waals surface area contributed by atoms with Crippen molar-refractivity contribution in [1.29, 1.82) is 0 Å². The van der Waals surface area contributed by atoms with Crippen molar-refractivity contribution in [3.63, 3.8) is 0 Å². The molecule has 0 fully saturated rings. The Labute approximate surface area is 119 Å². The lowest BCUT2D eigenvalue weighted by Gasteiger charge is -2.06. The van der Waals surface area contributed by atoms with Crippen molar-refractivity contribution in [2.45, 2.75) is 13.3 Å². The Bertz CT molecular complexity index is 893. The molecule has 0 bridgehead atoms. The van der Waals surface area contributed by atoms with Crippen LogP contribution in [0.25, 0.3) is 5.65 Å². The molecule has 6 heteroatoms. The maximum atomic E-state index is 12.4. The van der Waals surface area contributed by atoms with E-state index in [9.17, 15) is 14.7 Å². The first-order chi connectivity index (χ1) is 10.1. The van der Waals surface area contributed by atoms with Crippen molar-refractivity contribution in [2.75, 3.05) is 0 Å². The minimum atomic E-state index is -1.20. The summed E-state index contributed by atoms with van der Waals surface area (Å²) in [5.74, 6) is -1.20. The monoisotopic (exact) mass is 283 g/mol. The van der Waals surface area contributed by atoms with Gasteiger partial charge < -0.3 is 5.11 Å². The number of aryl methyl sites for hydroxylation is 1. The second kappa shape index (κ2) is 4.90. The lowest BCUT2D eigenvalue weighted by Crippen LogP contribution is -2.25. The second-order valence-electron chi connectivity index (χ2n) is 4.87. The van der Waals surface area contributed by atoms with Crippen LogP contribution in [-0.4, -0.2) is 25.7 Å². The van der Waals surface area contributed by atoms with Crippen molar-refractivity contribution in [1.82, 2.24) is 14.6 Å². The second-order valence-corrected chi connectivity index (χ2v) is 4.87. The Morgan fingerprint density at radius 1 is 1.38 bits per heavy atom. The number of aromatic carboxylic acids is 1. The number of rotatable bonds is 3. The lowest BCUT2D eigenvalue weighted by atomic mass is 10.0. The highest BCUT2D eigenvalue weighted by Crippen LogP contribution is 2.12. The number of carboxylic acid groups (broad SMARTS) is 1. The number of hydrogen-bond acceptors (Lipinski definition) is 3. The number of aromatic amines is 1. The molecule has 0 unspecified atom stereocenters. The van der Waals surface area contributed by atoms with Crippen molar-refractivity contribution < 1.29 is 9.90 Å². The van der Waals surface area contributed by atoms with Gasteiger partial charge in [0, 0.05) is 18.7 Å². The molecule has 0 saturated heterocycles. The Balaban J connectivity index is 2.20. The molecule has 106 valence electrons. The van der Waals surface area contributed by atoms with E-state index in [0.29, 0.717) is 5.65 Å². The number of carboxylic acids is 1. The van der Waals surface area contributed by atoms with Crippen LogP contribution in [0.4, 0.5) is 0 Å². The van der Waals surface area contributed by atoms with E-state index in [-0.39, 0.29) is 23.2 Å². The van der Waals surface area contributed by atoms with Gasteiger partial charge in [0.05, 0.1) is 5.56 Å². The molecule has 2 aromatic heterocycles. The topological polar surface area (TPSA) is 87.5 Å². The van der Waals surface area contributed by atoms with Gasteiger partial charge in [-0.3, -0.25) is 9.89 Å². The van der Waals surface area contributed by atoms with Crippen LogP contribution in [0, 0.1) is 6.92 Å². The predicted molar refractivity (Wildman–Crippen MR) is 76.8 cm³/mol. The van der Waals surface area contributed by atoms with E-state index in [0.717, 1.165) is 11.1 Å². The molecule has 1 aromatic carbocycles. The first-order valence-corrected chi connectivity index (χ1v) is 6.44. The zero-order valence-electron chi connectivity index (χ0n) is 11.3. The van der Waals surface area contributed by atoms with Crippen LogP contribution < -0.4 is 5.56 Å². The summed E-state index contributed by atoms with van der Waals surface area (Å²) in [6, 6.07) is 9.17. The van der Waals surface area contributed by atoms with E-state index in [1.807, 2.05) is 31.2 Å². The molecule has 2 N–H and O–H groups in total. The van der Waals surface area contributed by atoms with Gasteiger partial charge in [-0.2, -0.15) is 0 Å². The van der Waals surface area contributed by atoms with Gasteiger partial charge in [-0.05, 0) is 12.5 Å². The average molecular weight is 283 g/mol. The Morgan fingerprint density at radius 2 is 2.19 bits per heavy atom. The fourth-order valence-electron chi connectivity index (χ4n) is 2.36. The standard InChI is InChI=1S/C15H13N3O3/c1-9-3-2-4-10(7-9)8-11-13(15(20)21)17-12-5-6-16-18(12)14(11)19/h2-7,16H,8H2,1H3,(H,20,21). The summed E-state index contributed by atoms with van der Waals surface area (Å²) in [4.78, 5) is 27.9. The van der Waals surface area contributed by atoms with Crippen LogP contribution in [0.2, 0.25) is 0 Å². The van der Waals surface area contributed by atoms with Gasteiger partial charge >= 0.3 is 5.97 Å². The van der Waals surface area contributed by atoms with Gasteiger partial charge in [0.1, 0.15) is 0 Å². The Hall–Kier alpha value is -2.89. The van der Waals surface area contributed by atoms with E-state index in [1.54, 1.807) is 12.3 Å². The van der Waals surface area contributed by atoms with Crippen molar-refractivity contribution in [3.05, 3.63) is 69.3 Å². The van der Waals surface area contributed by atoms with Crippen LogP contribution in [0.5, 0.6) is 0 Å². The fraction of sp³-hybridized carbons (Fsp3) is 0.133. The highest BCUT2D eigenvalue weighted by molar-refractivity contribution is 5.87. The average Bonchev–Trinajstić information content (AvgIpc) is 2.90. The third-order valence-corrected chi connectivity index (χ3v) is 3.30. The highest BCUT2D eigenvalue weighted by Gasteiger charge is 2.19. The van der Waals surface area contributed by atoms with E-state index in [1.165, 1.54) is 4.52 Å². The van der Waals surface area contributed by atoms with Crippen molar-refractivity contribution in [3.8, 4) is 0 Å². The Morgan fingerprint density at radius 3 is 2.90 bits per heavy atom. The lowest BCUT2D eigenvalue weighted by molar-refractivity contribution is 0.0689. The number of H-pyrrole nitrogens is 1. The molecule has 3 rings (SSSR count). The summed E-state index contributed by atoms with van der Waals surface area (Å²) < 4.78 is 1.25. The molecule has 0 saturated carbocycles. The molecule has 6 nitrogen and oxygen atoms in total. The smallest absolute Gasteiger partial charge is 0.355 e. The maximum Gasteiger partial charge on any atom is 0.355 e. The van der Waals surface area contributed by atoms with Crippen molar-refractivity contribution in [2.24, 2.45) is 0 Å². The first-order valence-electron chi connectivity index (χ1n) is 6.44. The van der Waals surface area contributed by atoms with E-state index < -0.39 is 5.97 Å². The summed E-state index contributed by atoms with van der Waals surface area (Å²) in [5, 5.41) is 12.0. The minimum Gasteiger partial charge on any atom is -0.476 e. The number of nitrogens with one attached hydrogen (secondary N) is 1. The van der Waals surface area contributed by atoms with Gasteiger partial charge in [0.25, 0.3) is 5.56 Å². The molecule has 0 radical (unpaired) electrons. The van der Waals surface area contributed by atoms with Crippen LogP contribution in [0.1, 0.15) is 27.2 Å². The van der Waals surface area contributed by atoms with Crippen LogP contribution >= 0.6 is 0 Å². The summed E-state index contributed by atoms with van der Waals surface area (Å²) in [5.41, 5.74) is 1.82. The largest absolute Gasteiger partial charge is 0.476 e. The number of carbonyl (C=O) groups is 1. The van der Waals surface area contributed by atoms with Gasteiger partial charge in [-0.15, -0.1) is 0 Å². The van der Waals surface area contributed by atoms with Crippen LogP contribution in [0.15, 0.2) is 41.3 Å². The van der Waals surface area contributed by atoms with Gasteiger partial charge in [-0.25, -0.2) is 14.3 Å². The number of benzene rings is 1. The summed E-state index contributed by atoms with van der Waals surface area (Å²) in [6.45, 7) is 1.95. The SMILES string of the molecule is Cc1cccc(Cc2c(C(=O)O)nc3cc[nH]n3c2=O)c1. The molecule has 0 aliphatic heterocycles. The summed E-state index contributed by atoms with van der Waals surface area (Å²) in [7, 11) is 0. The number of fused-ring (bicyclic) bond motifs is 1. The zero-order valence-corrected chi connectivity index (χ0v) is 11.3. The third-order valence-electron chi connectivity index (χ3n) is 3.30. The molecule has 0 amide bonds. The molecular weight excluding hydrogens is 270 g/mol. The quantitative estimate of drug-likeness (QED) is 0.764. The molecule has 0 aliphatic carbocycles. The molecule has 21 heavy (non-hydrogen) atoms. The van der Waals surface area contributed by atoms with Gasteiger partial charge in [0.15, 0.2) is 11.3 Å². The fourth-order valence-corrected chi connectivity index (χ4v) is 2.36. The summed E-state index contributed by atoms with van der Waals surface area (Å²) >= 11 is 0. The van der Waals surface area contributed by atoms with E-state index in [2.05, 4.69) is 10.1 Å². The van der Waals surface area contributed by atoms with Crippen molar-refractivity contribution >= 4 is 11.6 Å². The summed E-state index contributed by atoms with van der Waals surface area (Å²) in [6.07, 6.45) is 1.78. The van der Waals surface area contributed by atoms with E-state index in [4.69, 9.17) is 0 Å². The Kier molecular flexibility index (Phi) is 3.06. The molecule has 0 spiro atoms.